The molecule has 0 fully saturated rings. The first-order chi connectivity index (χ1) is 5.27. The molecule has 58 valence electrons. The molecule has 5 nitrogen and oxygen atoms in total. The van der Waals surface area contributed by atoms with E-state index in [0.717, 1.165) is 0 Å². The summed E-state index contributed by atoms with van der Waals surface area (Å²) in [5, 5.41) is 19.9. The minimum Gasteiger partial charge on any atom is -0.198 e. The van der Waals surface area contributed by atoms with Crippen LogP contribution in [0.5, 0.6) is 0 Å². The van der Waals surface area contributed by atoms with E-state index in [9.17, 15) is 0 Å². The fourth-order valence-electron chi connectivity index (χ4n) is 0.621. The highest BCUT2D eigenvalue weighted by Gasteiger charge is 2.09. The van der Waals surface area contributed by atoms with Crippen LogP contribution < -0.4 is 0 Å². The molecule has 1 unspecified atom stereocenters. The predicted octanol–water partition coefficient (Wildman–Crippen LogP) is 0.320. The van der Waals surface area contributed by atoms with Crippen LogP contribution in [0.15, 0.2) is 0 Å². The predicted molar refractivity (Wildman–Crippen MR) is 37.5 cm³/mol. The maximum atomic E-state index is 8.50. The maximum Gasteiger partial charge on any atom is 0.191 e. The summed E-state index contributed by atoms with van der Waals surface area (Å²) >= 11 is 0. The van der Waals surface area contributed by atoms with Gasteiger partial charge in [-0.15, -0.1) is 10.2 Å². The Balaban J connectivity index is 2.82. The van der Waals surface area contributed by atoms with Crippen molar-refractivity contribution < 1.29 is 0 Å². The minimum atomic E-state index is -0.268. The summed E-state index contributed by atoms with van der Waals surface area (Å²) < 4.78 is 0. The third-order valence-corrected chi connectivity index (χ3v) is 1.33. The van der Waals surface area contributed by atoms with Crippen molar-refractivity contribution in [1.82, 2.24) is 20.2 Å². The van der Waals surface area contributed by atoms with Gasteiger partial charge in [-0.25, -0.2) is 0 Å². The van der Waals surface area contributed by atoms with E-state index in [1.54, 1.807) is 6.92 Å². The van der Waals surface area contributed by atoms with Gasteiger partial charge < -0.3 is 0 Å². The SMILES string of the molecule is CCn1nnc(C(C)C#N)n1. The average molecular weight is 151 g/mol. The molecule has 0 spiro atoms. The topological polar surface area (TPSA) is 67.4 Å². The number of nitriles is 1. The average Bonchev–Trinajstić information content (AvgIpc) is 2.50. The second-order valence-electron chi connectivity index (χ2n) is 2.19. The molecule has 1 aromatic heterocycles. The third kappa shape index (κ3) is 1.52. The zero-order valence-electron chi connectivity index (χ0n) is 6.52. The minimum absolute atomic E-state index is 0.268. The molecule has 0 radical (unpaired) electrons. The fourth-order valence-corrected chi connectivity index (χ4v) is 0.621. The van der Waals surface area contributed by atoms with Crippen LogP contribution in [-0.4, -0.2) is 20.2 Å². The van der Waals surface area contributed by atoms with Crippen molar-refractivity contribution in [2.45, 2.75) is 26.3 Å². The van der Waals surface area contributed by atoms with Crippen molar-refractivity contribution in [3.05, 3.63) is 5.82 Å². The Morgan fingerprint density at radius 1 is 1.73 bits per heavy atom. The van der Waals surface area contributed by atoms with Gasteiger partial charge in [-0.1, -0.05) is 0 Å². The van der Waals surface area contributed by atoms with Gasteiger partial charge in [0.1, 0.15) is 5.92 Å². The first-order valence-electron chi connectivity index (χ1n) is 3.45. The second-order valence-corrected chi connectivity index (χ2v) is 2.19. The summed E-state index contributed by atoms with van der Waals surface area (Å²) in [5.74, 6) is 0.227. The highest BCUT2D eigenvalue weighted by molar-refractivity contribution is 5.01. The summed E-state index contributed by atoms with van der Waals surface area (Å²) in [6.45, 7) is 4.35. The Labute approximate surface area is 64.6 Å². The number of hydrogen-bond acceptors (Lipinski definition) is 4. The van der Waals surface area contributed by atoms with E-state index in [4.69, 9.17) is 5.26 Å². The van der Waals surface area contributed by atoms with Crippen LogP contribution >= 0.6 is 0 Å². The molecule has 1 rings (SSSR count). The second kappa shape index (κ2) is 3.10. The van der Waals surface area contributed by atoms with E-state index in [0.29, 0.717) is 12.4 Å². The van der Waals surface area contributed by atoms with Crippen LogP contribution in [-0.2, 0) is 6.54 Å². The monoisotopic (exact) mass is 151 g/mol. The van der Waals surface area contributed by atoms with Crippen LogP contribution in [0.3, 0.4) is 0 Å². The van der Waals surface area contributed by atoms with Crippen LogP contribution in [0.2, 0.25) is 0 Å². The summed E-state index contributed by atoms with van der Waals surface area (Å²) in [7, 11) is 0. The molecule has 0 aliphatic rings. The van der Waals surface area contributed by atoms with Crippen LogP contribution in [0, 0.1) is 11.3 Å². The van der Waals surface area contributed by atoms with Crippen molar-refractivity contribution >= 4 is 0 Å². The molecule has 0 bridgehead atoms. The summed E-state index contributed by atoms with van der Waals surface area (Å²) in [5.41, 5.74) is 0. The van der Waals surface area contributed by atoms with Gasteiger partial charge in [0.2, 0.25) is 0 Å². The molecule has 0 aliphatic carbocycles. The Morgan fingerprint density at radius 3 is 2.91 bits per heavy atom. The molecule has 1 atom stereocenters. The normalized spacial score (nSPS) is 12.5. The Morgan fingerprint density at radius 2 is 2.45 bits per heavy atom. The number of nitrogens with zero attached hydrogens (tertiary/aromatic N) is 5. The summed E-state index contributed by atoms with van der Waals surface area (Å²) in [6, 6.07) is 2.04. The number of hydrogen-bond donors (Lipinski definition) is 0. The van der Waals surface area contributed by atoms with Gasteiger partial charge in [0.15, 0.2) is 5.82 Å². The smallest absolute Gasteiger partial charge is 0.191 e. The van der Waals surface area contributed by atoms with E-state index in [-0.39, 0.29) is 5.92 Å². The molecule has 1 aromatic rings. The number of aryl methyl sites for hydroxylation is 1. The molecule has 5 heteroatoms. The standard InChI is InChI=1S/C6H9N5/c1-3-11-9-6(8-10-11)5(2)4-7/h5H,3H2,1-2H3. The van der Waals surface area contributed by atoms with Gasteiger partial charge in [-0.05, 0) is 19.1 Å². The van der Waals surface area contributed by atoms with Crippen molar-refractivity contribution in [3.63, 3.8) is 0 Å². The molecule has 0 aromatic carbocycles. The van der Waals surface area contributed by atoms with E-state index in [1.807, 2.05) is 13.0 Å². The Bertz CT molecular complexity index is 271. The summed E-state index contributed by atoms with van der Waals surface area (Å²) in [6.07, 6.45) is 0. The lowest BCUT2D eigenvalue weighted by atomic mass is 10.2. The molecular formula is C6H9N5. The van der Waals surface area contributed by atoms with Crippen LogP contribution in [0.1, 0.15) is 25.6 Å². The van der Waals surface area contributed by atoms with Gasteiger partial charge in [0, 0.05) is 0 Å². The Hall–Kier alpha value is -1.44. The van der Waals surface area contributed by atoms with E-state index in [1.165, 1.54) is 4.80 Å². The number of tetrazole rings is 1. The first-order valence-corrected chi connectivity index (χ1v) is 3.45. The fraction of sp³-hybridized carbons (Fsp3) is 0.667. The highest BCUT2D eigenvalue weighted by atomic mass is 15.6. The lowest BCUT2D eigenvalue weighted by Crippen LogP contribution is -1.99. The molecule has 11 heavy (non-hydrogen) atoms. The lowest BCUT2D eigenvalue weighted by Gasteiger charge is -1.90. The van der Waals surface area contributed by atoms with Crippen molar-refractivity contribution in [1.29, 1.82) is 5.26 Å². The summed E-state index contributed by atoms with van der Waals surface area (Å²) in [4.78, 5) is 1.46. The van der Waals surface area contributed by atoms with E-state index >= 15 is 0 Å². The molecule has 0 saturated carbocycles. The van der Waals surface area contributed by atoms with Gasteiger partial charge in [-0.2, -0.15) is 10.1 Å². The lowest BCUT2D eigenvalue weighted by molar-refractivity contribution is 0.550. The van der Waals surface area contributed by atoms with E-state index < -0.39 is 0 Å². The third-order valence-electron chi connectivity index (χ3n) is 1.33. The van der Waals surface area contributed by atoms with Gasteiger partial charge in [0.05, 0.1) is 12.6 Å². The molecule has 0 amide bonds. The highest BCUT2D eigenvalue weighted by Crippen LogP contribution is 2.04. The molecule has 1 heterocycles. The van der Waals surface area contributed by atoms with E-state index in [2.05, 4.69) is 15.4 Å². The quantitative estimate of drug-likeness (QED) is 0.610. The maximum absolute atomic E-state index is 8.50. The van der Waals surface area contributed by atoms with Crippen molar-refractivity contribution in [2.24, 2.45) is 0 Å². The van der Waals surface area contributed by atoms with Crippen LogP contribution in [0.4, 0.5) is 0 Å². The molecule has 0 N–H and O–H groups in total. The number of aromatic nitrogens is 4. The molecule has 0 aliphatic heterocycles. The largest absolute Gasteiger partial charge is 0.198 e. The van der Waals surface area contributed by atoms with Gasteiger partial charge in [0.25, 0.3) is 0 Å². The van der Waals surface area contributed by atoms with Gasteiger partial charge in [-0.3, -0.25) is 0 Å². The number of rotatable bonds is 2. The zero-order valence-corrected chi connectivity index (χ0v) is 6.52. The first kappa shape index (κ1) is 7.66. The van der Waals surface area contributed by atoms with Crippen molar-refractivity contribution in [3.8, 4) is 6.07 Å². The van der Waals surface area contributed by atoms with Crippen LogP contribution in [0.25, 0.3) is 0 Å². The Kier molecular flexibility index (Phi) is 2.16. The van der Waals surface area contributed by atoms with Gasteiger partial charge >= 0.3 is 0 Å². The molecule has 0 saturated heterocycles. The molecular weight excluding hydrogens is 142 g/mol. The van der Waals surface area contributed by atoms with Crippen molar-refractivity contribution in [2.75, 3.05) is 0 Å². The zero-order chi connectivity index (χ0) is 8.27.